The minimum atomic E-state index is 0.708. The van der Waals surface area contributed by atoms with Gasteiger partial charge < -0.3 is 10.2 Å². The van der Waals surface area contributed by atoms with E-state index in [0.29, 0.717) is 5.69 Å². The number of anilines is 1. The quantitative estimate of drug-likeness (QED) is 0.832. The molecule has 0 saturated heterocycles. The van der Waals surface area contributed by atoms with Crippen LogP contribution in [-0.2, 0) is 6.42 Å². The van der Waals surface area contributed by atoms with Gasteiger partial charge >= 0.3 is 0 Å². The van der Waals surface area contributed by atoms with Crippen molar-refractivity contribution in [3.05, 3.63) is 24.1 Å². The number of nitrogens with zero attached hydrogens (tertiary/aromatic N) is 1. The lowest BCUT2D eigenvalue weighted by Crippen LogP contribution is -2.07. The first-order chi connectivity index (χ1) is 8.83. The first-order valence-electron chi connectivity index (χ1n) is 6.97. The highest BCUT2D eigenvalue weighted by Gasteiger charge is 2.15. The van der Waals surface area contributed by atoms with Crippen molar-refractivity contribution in [2.45, 2.75) is 44.9 Å². The van der Waals surface area contributed by atoms with Gasteiger partial charge in [-0.15, -0.1) is 0 Å². The largest absolute Gasteiger partial charge is 0.441 e. The molecule has 18 heavy (non-hydrogen) atoms. The summed E-state index contributed by atoms with van der Waals surface area (Å²) in [4.78, 5) is 4.50. The van der Waals surface area contributed by atoms with Crippen LogP contribution < -0.4 is 5.73 Å². The van der Waals surface area contributed by atoms with Crippen molar-refractivity contribution in [2.75, 3.05) is 5.73 Å². The van der Waals surface area contributed by atoms with Crippen molar-refractivity contribution >= 4 is 16.8 Å². The zero-order valence-electron chi connectivity index (χ0n) is 10.7. The molecule has 2 N–H and O–H groups in total. The molecule has 0 spiro atoms. The lowest BCUT2D eigenvalue weighted by molar-refractivity contribution is 0.330. The third kappa shape index (κ3) is 2.35. The van der Waals surface area contributed by atoms with E-state index in [2.05, 4.69) is 4.98 Å². The van der Waals surface area contributed by atoms with E-state index >= 15 is 0 Å². The van der Waals surface area contributed by atoms with Gasteiger partial charge in [-0.25, -0.2) is 4.98 Å². The standard InChI is InChI=1S/C15H20N2O/c16-12-7-4-8-13-15(12)17-14(18-13)10-9-11-5-2-1-3-6-11/h4,7-8,11H,1-3,5-6,9-10,16H2. The van der Waals surface area contributed by atoms with Crippen LogP contribution in [0, 0.1) is 5.92 Å². The van der Waals surface area contributed by atoms with Crippen molar-refractivity contribution in [1.82, 2.24) is 4.98 Å². The number of hydrogen-bond donors (Lipinski definition) is 1. The number of para-hydroxylation sites is 1. The minimum Gasteiger partial charge on any atom is -0.441 e. The van der Waals surface area contributed by atoms with Crippen LogP contribution in [0.5, 0.6) is 0 Å². The molecule has 1 saturated carbocycles. The molecule has 1 aromatic heterocycles. The Morgan fingerprint density at radius 2 is 2.06 bits per heavy atom. The number of nitrogen functional groups attached to an aromatic ring is 1. The molecule has 96 valence electrons. The molecular formula is C15H20N2O. The van der Waals surface area contributed by atoms with Gasteiger partial charge in [0.2, 0.25) is 0 Å². The second kappa shape index (κ2) is 5.01. The van der Waals surface area contributed by atoms with Gasteiger partial charge in [-0.2, -0.15) is 0 Å². The van der Waals surface area contributed by atoms with Gasteiger partial charge in [0.25, 0.3) is 0 Å². The summed E-state index contributed by atoms with van der Waals surface area (Å²) in [7, 11) is 0. The monoisotopic (exact) mass is 244 g/mol. The molecule has 0 radical (unpaired) electrons. The second-order valence-corrected chi connectivity index (χ2v) is 5.34. The van der Waals surface area contributed by atoms with Crippen LogP contribution in [0.25, 0.3) is 11.1 Å². The maximum Gasteiger partial charge on any atom is 0.195 e. The number of fused-ring (bicyclic) bond motifs is 1. The maximum absolute atomic E-state index is 5.89. The van der Waals surface area contributed by atoms with E-state index in [4.69, 9.17) is 10.2 Å². The van der Waals surface area contributed by atoms with E-state index in [1.807, 2.05) is 18.2 Å². The molecule has 1 aliphatic rings. The van der Waals surface area contributed by atoms with Gasteiger partial charge in [-0.3, -0.25) is 0 Å². The summed E-state index contributed by atoms with van der Waals surface area (Å²) in [6, 6.07) is 5.71. The zero-order valence-corrected chi connectivity index (χ0v) is 10.7. The lowest BCUT2D eigenvalue weighted by atomic mass is 9.86. The average Bonchev–Trinajstić information content (AvgIpc) is 2.82. The van der Waals surface area contributed by atoms with Crippen molar-refractivity contribution in [1.29, 1.82) is 0 Å². The molecule has 0 amide bonds. The lowest BCUT2D eigenvalue weighted by Gasteiger charge is -2.20. The number of oxazole rings is 1. The van der Waals surface area contributed by atoms with Gasteiger partial charge in [-0.1, -0.05) is 38.2 Å². The molecule has 3 rings (SSSR count). The molecule has 1 fully saturated rings. The number of rotatable bonds is 3. The minimum absolute atomic E-state index is 0.708. The van der Waals surface area contributed by atoms with E-state index in [1.165, 1.54) is 38.5 Å². The Morgan fingerprint density at radius 3 is 2.83 bits per heavy atom. The zero-order chi connectivity index (χ0) is 12.4. The van der Waals surface area contributed by atoms with Crippen molar-refractivity contribution in [3.8, 4) is 0 Å². The summed E-state index contributed by atoms with van der Waals surface area (Å²) < 4.78 is 5.75. The van der Waals surface area contributed by atoms with Crippen LogP contribution in [-0.4, -0.2) is 4.98 Å². The summed E-state index contributed by atoms with van der Waals surface area (Å²) in [5.41, 5.74) is 8.22. The predicted molar refractivity (Wildman–Crippen MR) is 73.3 cm³/mol. The highest BCUT2D eigenvalue weighted by Crippen LogP contribution is 2.28. The van der Waals surface area contributed by atoms with Crippen LogP contribution in [0.2, 0.25) is 0 Å². The van der Waals surface area contributed by atoms with E-state index in [0.717, 1.165) is 29.3 Å². The SMILES string of the molecule is Nc1cccc2oc(CCC3CCCCC3)nc12. The Hall–Kier alpha value is -1.51. The molecule has 1 aliphatic carbocycles. The predicted octanol–water partition coefficient (Wildman–Crippen LogP) is 3.92. The smallest absolute Gasteiger partial charge is 0.195 e. The molecule has 0 aliphatic heterocycles. The number of benzene rings is 1. The Bertz CT molecular complexity index is 526. The highest BCUT2D eigenvalue weighted by molar-refractivity contribution is 5.85. The van der Waals surface area contributed by atoms with E-state index < -0.39 is 0 Å². The Labute approximate surface area is 107 Å². The molecule has 1 aromatic carbocycles. The highest BCUT2D eigenvalue weighted by atomic mass is 16.3. The Morgan fingerprint density at radius 1 is 1.22 bits per heavy atom. The normalized spacial score (nSPS) is 17.3. The van der Waals surface area contributed by atoms with E-state index in [9.17, 15) is 0 Å². The summed E-state index contributed by atoms with van der Waals surface area (Å²) in [6.45, 7) is 0. The van der Waals surface area contributed by atoms with Gasteiger partial charge in [0.1, 0.15) is 5.52 Å². The Balaban J connectivity index is 1.69. The summed E-state index contributed by atoms with van der Waals surface area (Å²) in [5.74, 6) is 1.71. The summed E-state index contributed by atoms with van der Waals surface area (Å²) >= 11 is 0. The fourth-order valence-corrected chi connectivity index (χ4v) is 2.93. The molecule has 2 aromatic rings. The third-order valence-corrected chi connectivity index (χ3v) is 3.99. The topological polar surface area (TPSA) is 52.0 Å². The third-order valence-electron chi connectivity index (χ3n) is 3.99. The molecule has 0 unspecified atom stereocenters. The van der Waals surface area contributed by atoms with E-state index in [-0.39, 0.29) is 0 Å². The van der Waals surface area contributed by atoms with Gasteiger partial charge in [0.15, 0.2) is 11.5 Å². The van der Waals surface area contributed by atoms with Gasteiger partial charge in [0.05, 0.1) is 5.69 Å². The van der Waals surface area contributed by atoms with Crippen molar-refractivity contribution in [3.63, 3.8) is 0 Å². The first-order valence-corrected chi connectivity index (χ1v) is 6.97. The molecule has 1 heterocycles. The van der Waals surface area contributed by atoms with Crippen LogP contribution >= 0.6 is 0 Å². The number of aryl methyl sites for hydroxylation is 1. The van der Waals surface area contributed by atoms with Crippen LogP contribution in [0.3, 0.4) is 0 Å². The average molecular weight is 244 g/mol. The fourth-order valence-electron chi connectivity index (χ4n) is 2.93. The maximum atomic E-state index is 5.89. The van der Waals surface area contributed by atoms with Crippen LogP contribution in [0.1, 0.15) is 44.4 Å². The molecule has 3 heteroatoms. The van der Waals surface area contributed by atoms with Crippen molar-refractivity contribution < 1.29 is 4.42 Å². The molecule has 0 atom stereocenters. The fraction of sp³-hybridized carbons (Fsp3) is 0.533. The first kappa shape index (κ1) is 11.6. The molecule has 0 bridgehead atoms. The molecular weight excluding hydrogens is 224 g/mol. The van der Waals surface area contributed by atoms with E-state index in [1.54, 1.807) is 0 Å². The second-order valence-electron chi connectivity index (χ2n) is 5.34. The molecule has 3 nitrogen and oxygen atoms in total. The number of hydrogen-bond acceptors (Lipinski definition) is 3. The number of nitrogens with two attached hydrogens (primary N) is 1. The van der Waals surface area contributed by atoms with Crippen molar-refractivity contribution in [2.24, 2.45) is 5.92 Å². The summed E-state index contributed by atoms with van der Waals surface area (Å²) in [5, 5.41) is 0. The number of aromatic nitrogens is 1. The Kier molecular flexibility index (Phi) is 3.22. The van der Waals surface area contributed by atoms with Crippen LogP contribution in [0.15, 0.2) is 22.6 Å². The van der Waals surface area contributed by atoms with Gasteiger partial charge in [0, 0.05) is 6.42 Å². The van der Waals surface area contributed by atoms with Gasteiger partial charge in [-0.05, 0) is 24.5 Å². The summed E-state index contributed by atoms with van der Waals surface area (Å²) in [6.07, 6.45) is 9.10. The van der Waals surface area contributed by atoms with Crippen LogP contribution in [0.4, 0.5) is 5.69 Å².